The van der Waals surface area contributed by atoms with Gasteiger partial charge >= 0.3 is 0 Å². The van der Waals surface area contributed by atoms with E-state index in [1.165, 1.54) is 33.6 Å². The molecule has 0 amide bonds. The van der Waals surface area contributed by atoms with Crippen LogP contribution in [0, 0.1) is 17.6 Å². The quantitative estimate of drug-likeness (QED) is 0.466. The summed E-state index contributed by atoms with van der Waals surface area (Å²) in [5.74, 6) is -0.195. The molecule has 1 fully saturated rings. The van der Waals surface area contributed by atoms with Crippen molar-refractivity contribution >= 4 is 28.3 Å². The van der Waals surface area contributed by atoms with Gasteiger partial charge in [0.15, 0.2) is 0 Å². The van der Waals surface area contributed by atoms with Crippen LogP contribution < -0.4 is 16.2 Å². The maximum absolute atomic E-state index is 14.1. The van der Waals surface area contributed by atoms with Crippen LogP contribution in [0.4, 0.5) is 14.6 Å². The minimum absolute atomic E-state index is 0.115. The van der Waals surface area contributed by atoms with E-state index in [4.69, 9.17) is 17.3 Å². The molecular formula is C24H23ClF2N6O. The topological polar surface area (TPSA) is 82.0 Å². The molecule has 34 heavy (non-hydrogen) atoms. The highest BCUT2D eigenvalue weighted by Gasteiger charge is 2.21. The Balaban J connectivity index is 1.52. The second-order valence-corrected chi connectivity index (χ2v) is 8.88. The molecule has 0 aliphatic carbocycles. The summed E-state index contributed by atoms with van der Waals surface area (Å²) in [5.41, 5.74) is 6.38. The number of nitrogens with zero attached hydrogens (tertiary/aromatic N) is 5. The van der Waals surface area contributed by atoms with Crippen molar-refractivity contribution in [2.45, 2.75) is 19.4 Å². The number of nitrogens with two attached hydrogens (primary N) is 1. The molecule has 0 spiro atoms. The van der Waals surface area contributed by atoms with E-state index in [0.717, 1.165) is 31.7 Å². The van der Waals surface area contributed by atoms with Gasteiger partial charge in [-0.2, -0.15) is 5.10 Å². The predicted octanol–water partition coefficient (Wildman–Crippen LogP) is 3.74. The molecule has 1 saturated heterocycles. The maximum Gasteiger partial charge on any atom is 0.266 e. The first-order chi connectivity index (χ1) is 16.5. The Kier molecular flexibility index (Phi) is 6.05. The number of aromatic nitrogens is 4. The number of rotatable bonds is 5. The fourth-order valence-electron chi connectivity index (χ4n) is 4.47. The van der Waals surface area contributed by atoms with Gasteiger partial charge in [-0.3, -0.25) is 14.0 Å². The molecule has 176 valence electrons. The predicted molar refractivity (Wildman–Crippen MR) is 128 cm³/mol. The van der Waals surface area contributed by atoms with Gasteiger partial charge in [-0.25, -0.2) is 13.8 Å². The van der Waals surface area contributed by atoms with Gasteiger partial charge in [0.2, 0.25) is 0 Å². The van der Waals surface area contributed by atoms with E-state index in [2.05, 4.69) is 15.0 Å². The van der Waals surface area contributed by atoms with Crippen molar-refractivity contribution in [1.29, 1.82) is 0 Å². The Labute approximate surface area is 199 Å². The van der Waals surface area contributed by atoms with Gasteiger partial charge < -0.3 is 10.6 Å². The van der Waals surface area contributed by atoms with E-state index in [1.807, 2.05) is 0 Å². The minimum atomic E-state index is -0.664. The number of hydrogen-bond donors (Lipinski definition) is 1. The molecular weight excluding hydrogens is 462 g/mol. The van der Waals surface area contributed by atoms with E-state index in [1.54, 1.807) is 24.5 Å². The van der Waals surface area contributed by atoms with Crippen LogP contribution in [0.2, 0.25) is 5.02 Å². The van der Waals surface area contributed by atoms with Crippen LogP contribution in [0.15, 0.2) is 53.7 Å². The Morgan fingerprint density at radius 2 is 1.97 bits per heavy atom. The molecule has 5 rings (SSSR count). The summed E-state index contributed by atoms with van der Waals surface area (Å²) in [6.45, 7) is 2.15. The highest BCUT2D eigenvalue weighted by atomic mass is 35.5. The number of piperidine rings is 1. The van der Waals surface area contributed by atoms with Crippen LogP contribution in [-0.4, -0.2) is 39.0 Å². The molecule has 1 atom stereocenters. The average molecular weight is 485 g/mol. The first kappa shape index (κ1) is 22.5. The fraction of sp³-hybridized carbons (Fsp3) is 0.292. The molecule has 4 heterocycles. The summed E-state index contributed by atoms with van der Waals surface area (Å²) in [6.07, 6.45) is 6.64. The van der Waals surface area contributed by atoms with Crippen LogP contribution in [0.25, 0.3) is 16.6 Å². The SMILES string of the molecule is NCC1CCCN(c2cc(-n3ccc4c(cnn4Cc4c(F)cccc4F)c3=O)c(Cl)cn2)C1. The summed E-state index contributed by atoms with van der Waals surface area (Å²) >= 11 is 6.43. The lowest BCUT2D eigenvalue weighted by Crippen LogP contribution is -2.38. The van der Waals surface area contributed by atoms with E-state index < -0.39 is 11.6 Å². The molecule has 3 aromatic heterocycles. The number of hydrogen-bond acceptors (Lipinski definition) is 5. The number of benzene rings is 1. The lowest BCUT2D eigenvalue weighted by molar-refractivity contribution is 0.421. The molecule has 0 saturated carbocycles. The standard InChI is InChI=1S/C24H23ClF2N6O/c25-18-12-29-23(31-7-2-3-15(10-28)13-31)9-22(18)32-8-6-21-16(24(32)34)11-30-33(21)14-17-19(26)4-1-5-20(17)27/h1,4-6,8-9,11-12,15H,2-3,7,10,13-14,28H2. The zero-order chi connectivity index (χ0) is 23.8. The largest absolute Gasteiger partial charge is 0.356 e. The molecule has 1 unspecified atom stereocenters. The number of halogens is 3. The molecule has 0 bridgehead atoms. The van der Waals surface area contributed by atoms with Crippen LogP contribution in [0.3, 0.4) is 0 Å². The molecule has 4 aromatic rings. The first-order valence-corrected chi connectivity index (χ1v) is 11.4. The molecule has 2 N–H and O–H groups in total. The Morgan fingerprint density at radius 3 is 2.74 bits per heavy atom. The lowest BCUT2D eigenvalue weighted by Gasteiger charge is -2.33. The first-order valence-electron chi connectivity index (χ1n) is 11.1. The van der Waals surface area contributed by atoms with Crippen LogP contribution in [0.5, 0.6) is 0 Å². The van der Waals surface area contributed by atoms with Crippen molar-refractivity contribution < 1.29 is 8.78 Å². The normalized spacial score (nSPS) is 16.4. The zero-order valence-corrected chi connectivity index (χ0v) is 19.1. The van der Waals surface area contributed by atoms with E-state index in [0.29, 0.717) is 34.1 Å². The molecule has 1 aliphatic heterocycles. The Hall–Kier alpha value is -3.30. The lowest BCUT2D eigenvalue weighted by atomic mass is 9.98. The third kappa shape index (κ3) is 4.05. The van der Waals surface area contributed by atoms with Crippen molar-refractivity contribution in [2.24, 2.45) is 11.7 Å². The fourth-order valence-corrected chi connectivity index (χ4v) is 4.66. The van der Waals surface area contributed by atoms with Crippen LogP contribution in [0.1, 0.15) is 18.4 Å². The van der Waals surface area contributed by atoms with Crippen molar-refractivity contribution in [3.05, 3.63) is 81.5 Å². The number of pyridine rings is 2. The summed E-state index contributed by atoms with van der Waals surface area (Å²) in [4.78, 5) is 19.9. The van der Waals surface area contributed by atoms with Gasteiger partial charge in [-0.1, -0.05) is 17.7 Å². The molecule has 1 aromatic carbocycles. The highest BCUT2D eigenvalue weighted by Crippen LogP contribution is 2.27. The van der Waals surface area contributed by atoms with E-state index in [-0.39, 0.29) is 17.7 Å². The van der Waals surface area contributed by atoms with Crippen LogP contribution >= 0.6 is 11.6 Å². The summed E-state index contributed by atoms with van der Waals surface area (Å²) in [6, 6.07) is 7.18. The number of anilines is 1. The summed E-state index contributed by atoms with van der Waals surface area (Å²) in [5, 5.41) is 4.85. The van der Waals surface area contributed by atoms with Crippen molar-refractivity contribution in [2.75, 3.05) is 24.5 Å². The summed E-state index contributed by atoms with van der Waals surface area (Å²) < 4.78 is 31.1. The number of fused-ring (bicyclic) bond motifs is 1. The monoisotopic (exact) mass is 484 g/mol. The van der Waals surface area contributed by atoms with Gasteiger partial charge in [0.1, 0.15) is 17.5 Å². The van der Waals surface area contributed by atoms with Gasteiger partial charge in [-0.05, 0) is 43.5 Å². The van der Waals surface area contributed by atoms with Crippen molar-refractivity contribution in [3.63, 3.8) is 0 Å². The average Bonchev–Trinajstić information content (AvgIpc) is 3.26. The minimum Gasteiger partial charge on any atom is -0.356 e. The smallest absolute Gasteiger partial charge is 0.266 e. The molecule has 7 nitrogen and oxygen atoms in total. The maximum atomic E-state index is 14.1. The van der Waals surface area contributed by atoms with Gasteiger partial charge in [0, 0.05) is 30.9 Å². The van der Waals surface area contributed by atoms with Gasteiger partial charge in [0.05, 0.1) is 40.6 Å². The second kappa shape index (κ2) is 9.15. The van der Waals surface area contributed by atoms with Crippen LogP contribution in [-0.2, 0) is 6.54 Å². The Bertz CT molecular complexity index is 1400. The third-order valence-corrected chi connectivity index (χ3v) is 6.63. The zero-order valence-electron chi connectivity index (χ0n) is 18.3. The Morgan fingerprint density at radius 1 is 1.18 bits per heavy atom. The third-order valence-electron chi connectivity index (χ3n) is 6.34. The second-order valence-electron chi connectivity index (χ2n) is 8.48. The highest BCUT2D eigenvalue weighted by molar-refractivity contribution is 6.32. The summed E-state index contributed by atoms with van der Waals surface area (Å²) in [7, 11) is 0. The van der Waals surface area contributed by atoms with E-state index in [9.17, 15) is 13.6 Å². The van der Waals surface area contributed by atoms with Gasteiger partial charge in [0.25, 0.3) is 5.56 Å². The molecule has 10 heteroatoms. The van der Waals surface area contributed by atoms with E-state index >= 15 is 0 Å². The van der Waals surface area contributed by atoms with Crippen molar-refractivity contribution in [1.82, 2.24) is 19.3 Å². The van der Waals surface area contributed by atoms with Gasteiger partial charge in [-0.15, -0.1) is 0 Å². The van der Waals surface area contributed by atoms with Crippen molar-refractivity contribution in [3.8, 4) is 5.69 Å². The molecule has 1 aliphatic rings. The molecule has 0 radical (unpaired) electrons.